The number of nitrogens with zero attached hydrogens (tertiary/aromatic N) is 1. The predicted molar refractivity (Wildman–Crippen MR) is 123 cm³/mol. The summed E-state index contributed by atoms with van der Waals surface area (Å²) >= 11 is 1.78. The molecule has 0 amide bonds. The van der Waals surface area contributed by atoms with Crippen LogP contribution in [0.4, 0.5) is 17.1 Å². The van der Waals surface area contributed by atoms with Crippen LogP contribution in [-0.4, -0.2) is 0 Å². The summed E-state index contributed by atoms with van der Waals surface area (Å²) in [7, 11) is 0. The minimum atomic E-state index is 1.13. The number of rotatable bonds is 6. The van der Waals surface area contributed by atoms with E-state index in [1.54, 1.807) is 11.3 Å². The van der Waals surface area contributed by atoms with Crippen LogP contribution in [0, 0.1) is 6.92 Å². The maximum Gasteiger partial charge on any atom is 0.0462 e. The summed E-state index contributed by atoms with van der Waals surface area (Å²) < 4.78 is 0. The molecule has 0 radical (unpaired) electrons. The third kappa shape index (κ3) is 4.02. The second kappa shape index (κ2) is 8.45. The first-order chi connectivity index (χ1) is 13.7. The lowest BCUT2D eigenvalue weighted by Crippen LogP contribution is -2.09. The van der Waals surface area contributed by atoms with Crippen LogP contribution >= 0.6 is 11.3 Å². The van der Waals surface area contributed by atoms with Gasteiger partial charge in [-0.15, -0.1) is 11.3 Å². The molecule has 0 unspecified atom stereocenters. The van der Waals surface area contributed by atoms with Crippen LogP contribution in [-0.2, 0) is 6.42 Å². The lowest BCUT2D eigenvalue weighted by molar-refractivity contribution is 0.922. The molecule has 0 saturated heterocycles. The van der Waals surface area contributed by atoms with E-state index >= 15 is 0 Å². The van der Waals surface area contributed by atoms with Gasteiger partial charge in [-0.25, -0.2) is 0 Å². The summed E-state index contributed by atoms with van der Waals surface area (Å²) in [6, 6.07) is 30.8. The van der Waals surface area contributed by atoms with E-state index in [9.17, 15) is 0 Å². The highest BCUT2D eigenvalue weighted by Gasteiger charge is 2.12. The smallest absolute Gasteiger partial charge is 0.0462 e. The standard InChI is InChI=1S/C26H25NS/c1-3-5-21-9-15-24(16-10-21)27(23-13-7-20(2)8-14-23)25-17-11-22(12-18-25)26-6-4-19-28-26/h4,6-19H,3,5H2,1-2H3. The number of anilines is 3. The molecule has 28 heavy (non-hydrogen) atoms. The molecule has 0 N–H and O–H groups in total. The minimum absolute atomic E-state index is 1.13. The number of benzene rings is 3. The number of hydrogen-bond acceptors (Lipinski definition) is 2. The summed E-state index contributed by atoms with van der Waals surface area (Å²) in [5, 5.41) is 2.12. The molecule has 4 rings (SSSR count). The minimum Gasteiger partial charge on any atom is -0.311 e. The Kier molecular flexibility index (Phi) is 5.59. The second-order valence-corrected chi connectivity index (χ2v) is 8.06. The van der Waals surface area contributed by atoms with Crippen molar-refractivity contribution in [3.63, 3.8) is 0 Å². The van der Waals surface area contributed by atoms with E-state index in [-0.39, 0.29) is 0 Å². The normalized spacial score (nSPS) is 10.8. The van der Waals surface area contributed by atoms with E-state index in [1.165, 1.54) is 45.1 Å². The van der Waals surface area contributed by atoms with Crippen molar-refractivity contribution in [2.45, 2.75) is 26.7 Å². The van der Waals surface area contributed by atoms with Crippen molar-refractivity contribution in [1.82, 2.24) is 0 Å². The van der Waals surface area contributed by atoms with Crippen molar-refractivity contribution in [3.8, 4) is 10.4 Å². The molecule has 0 atom stereocenters. The molecule has 0 bridgehead atoms. The van der Waals surface area contributed by atoms with Crippen molar-refractivity contribution in [3.05, 3.63) is 101 Å². The molecule has 0 aliphatic carbocycles. The van der Waals surface area contributed by atoms with Gasteiger partial charge in [0.1, 0.15) is 0 Å². The highest BCUT2D eigenvalue weighted by Crippen LogP contribution is 2.36. The van der Waals surface area contributed by atoms with Crippen LogP contribution in [0.1, 0.15) is 24.5 Å². The van der Waals surface area contributed by atoms with E-state index in [2.05, 4.69) is 109 Å². The quantitative estimate of drug-likeness (QED) is 0.325. The topological polar surface area (TPSA) is 3.24 Å². The SMILES string of the molecule is CCCc1ccc(N(c2ccc(C)cc2)c2ccc(-c3cccs3)cc2)cc1. The van der Waals surface area contributed by atoms with Crippen LogP contribution in [0.5, 0.6) is 0 Å². The molecule has 3 aromatic carbocycles. The third-order valence-corrected chi connectivity index (χ3v) is 5.88. The van der Waals surface area contributed by atoms with Crippen molar-refractivity contribution < 1.29 is 0 Å². The maximum absolute atomic E-state index is 2.33. The Morgan fingerprint density at radius 2 is 1.29 bits per heavy atom. The van der Waals surface area contributed by atoms with Crippen LogP contribution in [0.2, 0.25) is 0 Å². The van der Waals surface area contributed by atoms with Gasteiger partial charge in [0, 0.05) is 21.9 Å². The predicted octanol–water partition coefficient (Wildman–Crippen LogP) is 8.15. The van der Waals surface area contributed by atoms with Gasteiger partial charge in [-0.2, -0.15) is 0 Å². The molecule has 0 spiro atoms. The van der Waals surface area contributed by atoms with Crippen LogP contribution in [0.3, 0.4) is 0 Å². The fraction of sp³-hybridized carbons (Fsp3) is 0.154. The fourth-order valence-corrected chi connectivity index (χ4v) is 4.19. The first-order valence-electron chi connectivity index (χ1n) is 9.84. The lowest BCUT2D eigenvalue weighted by atomic mass is 10.1. The van der Waals surface area contributed by atoms with Gasteiger partial charge in [0.05, 0.1) is 0 Å². The molecule has 140 valence electrons. The zero-order chi connectivity index (χ0) is 19.3. The molecule has 1 aromatic heterocycles. The van der Waals surface area contributed by atoms with Crippen molar-refractivity contribution in [1.29, 1.82) is 0 Å². The van der Waals surface area contributed by atoms with Gasteiger partial charge in [-0.05, 0) is 72.3 Å². The monoisotopic (exact) mass is 383 g/mol. The first kappa shape index (κ1) is 18.5. The lowest BCUT2D eigenvalue weighted by Gasteiger charge is -2.26. The average Bonchev–Trinajstić information content (AvgIpc) is 3.27. The van der Waals surface area contributed by atoms with Crippen molar-refractivity contribution in [2.24, 2.45) is 0 Å². The molecule has 0 aliphatic rings. The van der Waals surface area contributed by atoms with Gasteiger partial charge >= 0.3 is 0 Å². The van der Waals surface area contributed by atoms with Crippen LogP contribution < -0.4 is 4.90 Å². The van der Waals surface area contributed by atoms with E-state index in [0.717, 1.165) is 6.42 Å². The largest absolute Gasteiger partial charge is 0.311 e. The molecule has 0 fully saturated rings. The Morgan fingerprint density at radius 3 is 1.82 bits per heavy atom. The van der Waals surface area contributed by atoms with E-state index in [0.29, 0.717) is 0 Å². The molecule has 1 nitrogen and oxygen atoms in total. The summed E-state index contributed by atoms with van der Waals surface area (Å²) in [4.78, 5) is 3.63. The van der Waals surface area contributed by atoms with Gasteiger partial charge in [-0.1, -0.05) is 61.4 Å². The van der Waals surface area contributed by atoms with E-state index in [4.69, 9.17) is 0 Å². The van der Waals surface area contributed by atoms with Gasteiger partial charge in [0.25, 0.3) is 0 Å². The van der Waals surface area contributed by atoms with Crippen molar-refractivity contribution in [2.75, 3.05) is 4.90 Å². The van der Waals surface area contributed by atoms with E-state index < -0.39 is 0 Å². The number of thiophene rings is 1. The molecule has 0 saturated carbocycles. The van der Waals surface area contributed by atoms with Gasteiger partial charge in [0.15, 0.2) is 0 Å². The number of aryl methyl sites for hydroxylation is 2. The summed E-state index contributed by atoms with van der Waals surface area (Å²) in [6.45, 7) is 4.35. The van der Waals surface area contributed by atoms with Crippen LogP contribution in [0.25, 0.3) is 10.4 Å². The summed E-state index contributed by atoms with van der Waals surface area (Å²) in [5.74, 6) is 0. The van der Waals surface area contributed by atoms with E-state index in [1.807, 2.05) is 0 Å². The Hall–Kier alpha value is -2.84. The third-order valence-electron chi connectivity index (χ3n) is 4.96. The molecule has 1 heterocycles. The summed E-state index contributed by atoms with van der Waals surface area (Å²) in [6.07, 6.45) is 2.30. The Morgan fingerprint density at radius 1 is 0.714 bits per heavy atom. The van der Waals surface area contributed by atoms with Crippen LogP contribution in [0.15, 0.2) is 90.3 Å². The van der Waals surface area contributed by atoms with Gasteiger partial charge < -0.3 is 4.90 Å². The van der Waals surface area contributed by atoms with Gasteiger partial charge in [-0.3, -0.25) is 0 Å². The zero-order valence-electron chi connectivity index (χ0n) is 16.4. The second-order valence-electron chi connectivity index (χ2n) is 7.11. The zero-order valence-corrected chi connectivity index (χ0v) is 17.2. The summed E-state index contributed by atoms with van der Waals surface area (Å²) in [5.41, 5.74) is 7.47. The molecular formula is C26H25NS. The highest BCUT2D eigenvalue weighted by molar-refractivity contribution is 7.13. The molecule has 4 aromatic rings. The average molecular weight is 384 g/mol. The molecular weight excluding hydrogens is 358 g/mol. The first-order valence-corrected chi connectivity index (χ1v) is 10.7. The Balaban J connectivity index is 1.73. The van der Waals surface area contributed by atoms with Gasteiger partial charge in [0.2, 0.25) is 0 Å². The molecule has 2 heteroatoms. The maximum atomic E-state index is 2.33. The fourth-order valence-electron chi connectivity index (χ4n) is 3.46. The van der Waals surface area contributed by atoms with Crippen molar-refractivity contribution >= 4 is 28.4 Å². The Labute approximate surface area is 171 Å². The molecule has 0 aliphatic heterocycles. The number of hydrogen-bond donors (Lipinski definition) is 0. The highest BCUT2D eigenvalue weighted by atomic mass is 32.1. The Bertz CT molecular complexity index is 998.